The van der Waals surface area contributed by atoms with E-state index in [1.807, 2.05) is 0 Å². The molecule has 76 valence electrons. The van der Waals surface area contributed by atoms with E-state index in [4.69, 9.17) is 16.3 Å². The summed E-state index contributed by atoms with van der Waals surface area (Å²) >= 11 is 6.18. The van der Waals surface area contributed by atoms with Crippen LogP contribution in [0.15, 0.2) is 11.2 Å². The van der Waals surface area contributed by atoms with Gasteiger partial charge in [0, 0.05) is 13.1 Å². The molecule has 1 aliphatic heterocycles. The van der Waals surface area contributed by atoms with Crippen LogP contribution in [-0.4, -0.2) is 31.2 Å². The highest BCUT2D eigenvalue weighted by Crippen LogP contribution is 2.22. The Morgan fingerprint density at radius 3 is 2.31 bits per heavy atom. The van der Waals surface area contributed by atoms with Crippen molar-refractivity contribution in [2.75, 3.05) is 26.3 Å². The summed E-state index contributed by atoms with van der Waals surface area (Å²) in [5.74, 6) is 0. The van der Waals surface area contributed by atoms with Crippen molar-refractivity contribution < 1.29 is 4.74 Å². The highest BCUT2D eigenvalue weighted by molar-refractivity contribution is 6.29. The molecule has 0 radical (unpaired) electrons. The van der Waals surface area contributed by atoms with Crippen molar-refractivity contribution in [2.24, 2.45) is 5.41 Å². The summed E-state index contributed by atoms with van der Waals surface area (Å²) in [7, 11) is 0. The number of nitrogens with zero attached hydrogens (tertiary/aromatic N) is 1. The van der Waals surface area contributed by atoms with Gasteiger partial charge in [-0.15, -0.1) is 0 Å². The lowest BCUT2D eigenvalue weighted by Gasteiger charge is -2.29. The van der Waals surface area contributed by atoms with E-state index in [2.05, 4.69) is 31.7 Å². The van der Waals surface area contributed by atoms with E-state index < -0.39 is 0 Å². The standard InChI is InChI=1S/C10H18ClNO/c1-10(2,3)8-9(11)12-4-6-13-7-5-12/h8H,4-7H2,1-3H3/b9-8-. The lowest BCUT2D eigenvalue weighted by atomic mass is 9.97. The lowest BCUT2D eigenvalue weighted by Crippen LogP contribution is -2.34. The van der Waals surface area contributed by atoms with Crippen LogP contribution >= 0.6 is 11.6 Å². The summed E-state index contributed by atoms with van der Waals surface area (Å²) in [5, 5.41) is 0.857. The smallest absolute Gasteiger partial charge is 0.101 e. The van der Waals surface area contributed by atoms with Crippen molar-refractivity contribution in [2.45, 2.75) is 20.8 Å². The Labute approximate surface area is 85.5 Å². The van der Waals surface area contributed by atoms with Crippen molar-refractivity contribution in [3.8, 4) is 0 Å². The number of rotatable bonds is 1. The lowest BCUT2D eigenvalue weighted by molar-refractivity contribution is 0.0568. The first kappa shape index (κ1) is 10.9. The molecule has 0 amide bonds. The second kappa shape index (κ2) is 4.34. The molecule has 0 aromatic rings. The van der Waals surface area contributed by atoms with E-state index in [1.165, 1.54) is 0 Å². The molecule has 1 fully saturated rings. The van der Waals surface area contributed by atoms with Crippen molar-refractivity contribution in [3.63, 3.8) is 0 Å². The largest absolute Gasteiger partial charge is 0.378 e. The maximum Gasteiger partial charge on any atom is 0.101 e. The molecule has 1 rings (SSSR count). The van der Waals surface area contributed by atoms with Gasteiger partial charge in [0.1, 0.15) is 5.16 Å². The molecule has 0 aromatic heterocycles. The zero-order chi connectivity index (χ0) is 9.90. The van der Waals surface area contributed by atoms with Crippen molar-refractivity contribution in [1.29, 1.82) is 0 Å². The van der Waals surface area contributed by atoms with Gasteiger partial charge in [0.25, 0.3) is 0 Å². The Kier molecular flexibility index (Phi) is 3.63. The predicted octanol–water partition coefficient (Wildman–Crippen LogP) is 2.44. The van der Waals surface area contributed by atoms with Crippen LogP contribution in [-0.2, 0) is 4.74 Å². The highest BCUT2D eigenvalue weighted by Gasteiger charge is 2.15. The Balaban J connectivity index is 2.54. The first-order valence-electron chi connectivity index (χ1n) is 4.70. The first-order chi connectivity index (χ1) is 5.99. The number of hydrogen-bond donors (Lipinski definition) is 0. The molecular weight excluding hydrogens is 186 g/mol. The topological polar surface area (TPSA) is 12.5 Å². The molecule has 0 N–H and O–H groups in total. The maximum atomic E-state index is 6.18. The van der Waals surface area contributed by atoms with Crippen molar-refractivity contribution in [1.82, 2.24) is 4.90 Å². The van der Waals surface area contributed by atoms with Gasteiger partial charge in [-0.1, -0.05) is 32.4 Å². The van der Waals surface area contributed by atoms with Gasteiger partial charge in [0.15, 0.2) is 0 Å². The van der Waals surface area contributed by atoms with E-state index in [9.17, 15) is 0 Å². The van der Waals surface area contributed by atoms with Crippen molar-refractivity contribution in [3.05, 3.63) is 11.2 Å². The van der Waals surface area contributed by atoms with E-state index in [-0.39, 0.29) is 5.41 Å². The van der Waals surface area contributed by atoms with Gasteiger partial charge in [-0.25, -0.2) is 0 Å². The fourth-order valence-corrected chi connectivity index (χ4v) is 1.72. The van der Waals surface area contributed by atoms with Gasteiger partial charge >= 0.3 is 0 Å². The highest BCUT2D eigenvalue weighted by atomic mass is 35.5. The number of hydrogen-bond acceptors (Lipinski definition) is 2. The van der Waals surface area contributed by atoms with Crippen LogP contribution in [0.4, 0.5) is 0 Å². The van der Waals surface area contributed by atoms with E-state index in [0.29, 0.717) is 0 Å². The van der Waals surface area contributed by atoms with Gasteiger partial charge in [-0.2, -0.15) is 0 Å². The Hall–Kier alpha value is -0.210. The van der Waals surface area contributed by atoms with E-state index >= 15 is 0 Å². The van der Waals surface area contributed by atoms with Crippen LogP contribution < -0.4 is 0 Å². The fraction of sp³-hybridized carbons (Fsp3) is 0.800. The number of ether oxygens (including phenoxy) is 1. The number of morpholine rings is 1. The molecule has 2 nitrogen and oxygen atoms in total. The third-order valence-electron chi connectivity index (χ3n) is 1.87. The zero-order valence-electron chi connectivity index (χ0n) is 8.64. The molecule has 1 aliphatic rings. The Morgan fingerprint density at radius 1 is 1.31 bits per heavy atom. The third kappa shape index (κ3) is 4.01. The van der Waals surface area contributed by atoms with E-state index in [0.717, 1.165) is 31.5 Å². The third-order valence-corrected chi connectivity index (χ3v) is 2.21. The zero-order valence-corrected chi connectivity index (χ0v) is 9.40. The summed E-state index contributed by atoms with van der Waals surface area (Å²) in [5.41, 5.74) is 0.148. The molecule has 0 aromatic carbocycles. The monoisotopic (exact) mass is 203 g/mol. The molecule has 1 heterocycles. The van der Waals surface area contributed by atoms with Crippen LogP contribution in [0, 0.1) is 5.41 Å². The molecule has 0 spiro atoms. The molecule has 0 bridgehead atoms. The predicted molar refractivity (Wildman–Crippen MR) is 55.8 cm³/mol. The maximum absolute atomic E-state index is 6.18. The van der Waals surface area contributed by atoms with Crippen LogP contribution in [0.1, 0.15) is 20.8 Å². The molecule has 13 heavy (non-hydrogen) atoms. The summed E-state index contributed by atoms with van der Waals surface area (Å²) < 4.78 is 5.25. The minimum absolute atomic E-state index is 0.148. The first-order valence-corrected chi connectivity index (χ1v) is 5.08. The van der Waals surface area contributed by atoms with Gasteiger partial charge < -0.3 is 9.64 Å². The molecule has 0 saturated carbocycles. The second-order valence-corrected chi connectivity index (χ2v) is 4.82. The average Bonchev–Trinajstić information content (AvgIpc) is 2.03. The van der Waals surface area contributed by atoms with Crippen molar-refractivity contribution >= 4 is 11.6 Å². The van der Waals surface area contributed by atoms with E-state index in [1.54, 1.807) is 0 Å². The molecule has 1 saturated heterocycles. The molecule has 0 aliphatic carbocycles. The minimum atomic E-state index is 0.148. The number of halogens is 1. The van der Waals surface area contributed by atoms with Gasteiger partial charge in [-0.3, -0.25) is 0 Å². The molecular formula is C10H18ClNO. The summed E-state index contributed by atoms with van der Waals surface area (Å²) in [6, 6.07) is 0. The SMILES string of the molecule is CC(C)(C)/C=C(/Cl)N1CCOCC1. The molecule has 0 unspecified atom stereocenters. The summed E-state index contributed by atoms with van der Waals surface area (Å²) in [6.07, 6.45) is 2.10. The van der Waals surface area contributed by atoms with Crippen LogP contribution in [0.3, 0.4) is 0 Å². The molecule has 3 heteroatoms. The summed E-state index contributed by atoms with van der Waals surface area (Å²) in [6.45, 7) is 9.83. The average molecular weight is 204 g/mol. The van der Waals surface area contributed by atoms with Crippen LogP contribution in [0.5, 0.6) is 0 Å². The Morgan fingerprint density at radius 2 is 1.85 bits per heavy atom. The van der Waals surface area contributed by atoms with Crippen LogP contribution in [0.25, 0.3) is 0 Å². The summed E-state index contributed by atoms with van der Waals surface area (Å²) in [4.78, 5) is 2.16. The second-order valence-electron chi connectivity index (χ2n) is 4.43. The van der Waals surface area contributed by atoms with Gasteiger partial charge in [0.05, 0.1) is 13.2 Å². The normalized spacial score (nSPS) is 20.6. The fourth-order valence-electron chi connectivity index (χ4n) is 1.23. The molecule has 0 atom stereocenters. The Bertz CT molecular complexity index is 190. The van der Waals surface area contributed by atoms with Gasteiger partial charge in [-0.05, 0) is 11.5 Å². The minimum Gasteiger partial charge on any atom is -0.378 e. The quantitative estimate of drug-likeness (QED) is 0.607. The van der Waals surface area contributed by atoms with Gasteiger partial charge in [0.2, 0.25) is 0 Å². The van der Waals surface area contributed by atoms with Crippen LogP contribution in [0.2, 0.25) is 0 Å². The number of allylic oxidation sites excluding steroid dienone is 1.